The molecule has 0 aromatic carbocycles. The van der Waals surface area contributed by atoms with Crippen LogP contribution in [-0.4, -0.2) is 188 Å². The van der Waals surface area contributed by atoms with Crippen LogP contribution in [0.2, 0.25) is 0 Å². The molecule has 22 nitrogen and oxygen atoms in total. The predicted molar refractivity (Wildman–Crippen MR) is 239 cm³/mol. The molecule has 0 atom stereocenters. The number of carbonyl (C=O) groups is 8. The van der Waals surface area contributed by atoms with Crippen molar-refractivity contribution in [1.82, 2.24) is 19.6 Å². The summed E-state index contributed by atoms with van der Waals surface area (Å²) in [6.45, 7) is 19.7. The van der Waals surface area contributed by atoms with Crippen LogP contribution in [0, 0.1) is 0 Å². The van der Waals surface area contributed by atoms with Crippen LogP contribution < -0.4 is 0 Å². The number of rotatable bonds is 36. The molecule has 0 aliphatic carbocycles. The van der Waals surface area contributed by atoms with Crippen molar-refractivity contribution < 1.29 is 85.7 Å². The average molecular weight is 945 g/mol. The molecule has 0 aliphatic rings. The van der Waals surface area contributed by atoms with Gasteiger partial charge in [0.2, 0.25) is 0 Å². The van der Waals surface area contributed by atoms with E-state index in [0.717, 1.165) is 62.8 Å². The smallest absolute Gasteiger partial charge is 0.411 e. The molecule has 0 spiro atoms. The minimum absolute atomic E-state index is 0.0114. The maximum atomic E-state index is 12.1. The minimum Gasteiger partial charge on any atom is -0.461 e. The van der Waals surface area contributed by atoms with Gasteiger partial charge in [-0.2, -0.15) is 0 Å². The van der Waals surface area contributed by atoms with E-state index < -0.39 is 48.3 Å². The highest BCUT2D eigenvalue weighted by Gasteiger charge is 2.18. The minimum atomic E-state index is -0.580. The van der Waals surface area contributed by atoms with E-state index in [4.69, 9.17) is 47.4 Å². The van der Waals surface area contributed by atoms with E-state index in [1.165, 1.54) is 28.9 Å². The lowest BCUT2D eigenvalue weighted by Crippen LogP contribution is -2.36. The number of ether oxygens (including phenoxy) is 10. The Kier molecular flexibility index (Phi) is 40.1. The number of hydrogen-bond donors (Lipinski definition) is 0. The van der Waals surface area contributed by atoms with Gasteiger partial charge in [0, 0.05) is 64.7 Å². The van der Waals surface area contributed by atoms with Crippen molar-refractivity contribution in [2.24, 2.45) is 0 Å². The molecule has 0 radical (unpaired) electrons. The highest BCUT2D eigenvalue weighted by atomic mass is 16.6. The fourth-order valence-electron chi connectivity index (χ4n) is 4.98. The van der Waals surface area contributed by atoms with Crippen LogP contribution in [-0.2, 0) is 66.5 Å². The topological polar surface area (TPSA) is 242 Å². The molecule has 0 bridgehead atoms. The van der Waals surface area contributed by atoms with Crippen molar-refractivity contribution in [1.29, 1.82) is 0 Å². The molecule has 0 saturated heterocycles. The van der Waals surface area contributed by atoms with Crippen molar-refractivity contribution in [3.63, 3.8) is 0 Å². The number of esters is 4. The summed E-state index contributed by atoms with van der Waals surface area (Å²) >= 11 is 0. The molecule has 0 aromatic rings. The Morgan fingerprint density at radius 3 is 0.985 bits per heavy atom. The summed E-state index contributed by atoms with van der Waals surface area (Å²) in [4.78, 5) is 97.9. The van der Waals surface area contributed by atoms with E-state index in [-0.39, 0.29) is 79.4 Å². The number of amides is 4. The number of hydrogen-bond acceptors (Lipinski definition) is 18. The largest absolute Gasteiger partial charge is 0.461 e. The molecule has 0 aliphatic heterocycles. The highest BCUT2D eigenvalue weighted by Crippen LogP contribution is 2.07. The molecule has 0 rings (SSSR count). The van der Waals surface area contributed by atoms with E-state index in [9.17, 15) is 38.4 Å². The number of likely N-dealkylation sites (N-methyl/N-ethyl adjacent to an activating group) is 1. The lowest BCUT2D eigenvalue weighted by Gasteiger charge is -2.22. The Labute approximate surface area is 388 Å². The summed E-state index contributed by atoms with van der Waals surface area (Å²) in [5.74, 6) is -2.25. The first-order valence-electron chi connectivity index (χ1n) is 21.6. The van der Waals surface area contributed by atoms with Crippen molar-refractivity contribution in [2.45, 2.75) is 65.2 Å². The molecule has 66 heavy (non-hydrogen) atoms. The summed E-state index contributed by atoms with van der Waals surface area (Å²) in [5.41, 5.74) is 0. The molecular weight excluding hydrogens is 872 g/mol. The molecular formula is C44H72N4O18. The molecule has 0 aromatic heterocycles. The van der Waals surface area contributed by atoms with Gasteiger partial charge in [-0.3, -0.25) is 9.80 Å². The predicted octanol–water partition coefficient (Wildman–Crippen LogP) is 5.01. The maximum absolute atomic E-state index is 12.1. The SMILES string of the molecule is C=CC(=O)OCCN(CC)C(=O)OCCCCCCOC(=O)N(CCOC(=O)C=C)COC.C=CC(=O)OCCOC(=O)N(CC)CCCCCCN(COC)C(=O)OCCOC(=O)C=C. The van der Waals surface area contributed by atoms with E-state index in [2.05, 4.69) is 26.3 Å². The third-order valence-corrected chi connectivity index (χ3v) is 8.45. The van der Waals surface area contributed by atoms with Crippen molar-refractivity contribution >= 4 is 48.3 Å². The van der Waals surface area contributed by atoms with Crippen LogP contribution in [0.4, 0.5) is 19.2 Å². The van der Waals surface area contributed by atoms with Gasteiger partial charge < -0.3 is 57.2 Å². The second kappa shape index (κ2) is 42.8. The molecule has 376 valence electrons. The fourth-order valence-corrected chi connectivity index (χ4v) is 4.98. The Morgan fingerprint density at radius 2 is 0.621 bits per heavy atom. The molecule has 0 N–H and O–H groups in total. The third-order valence-electron chi connectivity index (χ3n) is 8.45. The van der Waals surface area contributed by atoms with Gasteiger partial charge in [-0.05, 0) is 52.4 Å². The second-order valence-electron chi connectivity index (χ2n) is 13.3. The molecule has 0 heterocycles. The first-order chi connectivity index (χ1) is 31.8. The maximum Gasteiger partial charge on any atom is 0.411 e. The van der Waals surface area contributed by atoms with E-state index in [1.54, 1.807) is 11.8 Å². The van der Waals surface area contributed by atoms with Crippen LogP contribution in [0.25, 0.3) is 0 Å². The van der Waals surface area contributed by atoms with Crippen molar-refractivity contribution in [3.05, 3.63) is 50.6 Å². The fraction of sp³-hybridized carbons (Fsp3) is 0.636. The first kappa shape index (κ1) is 61.9. The third kappa shape index (κ3) is 34.3. The first-order valence-corrected chi connectivity index (χ1v) is 21.6. The van der Waals surface area contributed by atoms with Gasteiger partial charge in [-0.15, -0.1) is 0 Å². The van der Waals surface area contributed by atoms with Gasteiger partial charge in [-0.25, -0.2) is 38.4 Å². The number of nitrogens with zero attached hydrogens (tertiary/aromatic N) is 4. The lowest BCUT2D eigenvalue weighted by atomic mass is 10.2. The Bertz CT molecular complexity index is 1460. The van der Waals surface area contributed by atoms with Gasteiger partial charge >= 0.3 is 48.3 Å². The molecule has 4 amide bonds. The summed E-state index contributed by atoms with van der Waals surface area (Å²) in [5, 5.41) is 0. The van der Waals surface area contributed by atoms with E-state index in [0.29, 0.717) is 39.0 Å². The van der Waals surface area contributed by atoms with Gasteiger partial charge in [-0.1, -0.05) is 39.2 Å². The molecule has 0 fully saturated rings. The van der Waals surface area contributed by atoms with Crippen molar-refractivity contribution in [2.75, 3.05) is 120 Å². The molecule has 22 heteroatoms. The Morgan fingerprint density at radius 1 is 0.348 bits per heavy atom. The number of methoxy groups -OCH3 is 2. The second-order valence-corrected chi connectivity index (χ2v) is 13.3. The van der Waals surface area contributed by atoms with Crippen LogP contribution in [0.15, 0.2) is 50.6 Å². The van der Waals surface area contributed by atoms with Gasteiger partial charge in [0.15, 0.2) is 0 Å². The van der Waals surface area contributed by atoms with Crippen LogP contribution in [0.3, 0.4) is 0 Å². The van der Waals surface area contributed by atoms with Gasteiger partial charge in [0.05, 0.1) is 26.3 Å². The van der Waals surface area contributed by atoms with Crippen LogP contribution in [0.1, 0.15) is 65.2 Å². The van der Waals surface area contributed by atoms with Gasteiger partial charge in [0.1, 0.15) is 53.1 Å². The van der Waals surface area contributed by atoms with Crippen LogP contribution >= 0.6 is 0 Å². The zero-order chi connectivity index (χ0) is 49.8. The summed E-state index contributed by atoms with van der Waals surface area (Å²) in [6, 6.07) is 0. The molecule has 0 saturated carbocycles. The normalized spacial score (nSPS) is 10.0. The summed E-state index contributed by atoms with van der Waals surface area (Å²) in [7, 11) is 2.92. The summed E-state index contributed by atoms with van der Waals surface area (Å²) < 4.78 is 49.8. The van der Waals surface area contributed by atoms with Crippen molar-refractivity contribution in [3.8, 4) is 0 Å². The average Bonchev–Trinajstić information content (AvgIpc) is 3.32. The van der Waals surface area contributed by atoms with E-state index in [1.807, 2.05) is 6.92 Å². The quantitative estimate of drug-likeness (QED) is 0.0263. The zero-order valence-corrected chi connectivity index (χ0v) is 39.2. The monoisotopic (exact) mass is 944 g/mol. The highest BCUT2D eigenvalue weighted by molar-refractivity contribution is 5.82. The lowest BCUT2D eigenvalue weighted by molar-refractivity contribution is -0.139. The van der Waals surface area contributed by atoms with Crippen LogP contribution in [0.5, 0.6) is 0 Å². The zero-order valence-electron chi connectivity index (χ0n) is 39.2. The number of unbranched alkanes of at least 4 members (excludes halogenated alkanes) is 6. The number of carbonyl (C=O) groups excluding carboxylic acids is 8. The molecule has 0 unspecified atom stereocenters. The Balaban J connectivity index is 0. The van der Waals surface area contributed by atoms with E-state index >= 15 is 0 Å². The summed E-state index contributed by atoms with van der Waals surface area (Å²) in [6.07, 6.45) is 8.28. The standard InChI is InChI=1S/2C22H36N2O9/c1-5-19(25)30-16-12-23(7-3)21(27)32-14-10-8-9-11-15-33-22(28)24(18-29-4)13-17-31-20(26)6-2;1-5-19(25)30-14-16-32-21(27)23(7-3)12-10-8-9-11-13-24(18-29-4)22(28)33-17-15-31-20(26)6-2/h2*5-6H,1-2,7-18H2,3-4H3. The van der Waals surface area contributed by atoms with Gasteiger partial charge in [0.25, 0.3) is 0 Å². The Hall–Kier alpha value is -6.16.